The molecule has 0 radical (unpaired) electrons. The van der Waals surface area contributed by atoms with E-state index in [2.05, 4.69) is 35.7 Å². The molecule has 0 saturated heterocycles. The maximum atomic E-state index is 13.2. The molecule has 0 saturated carbocycles. The third kappa shape index (κ3) is 5.23. The van der Waals surface area contributed by atoms with Gasteiger partial charge in [-0.25, -0.2) is 4.98 Å². The maximum Gasteiger partial charge on any atom is 0.262 e. The van der Waals surface area contributed by atoms with Gasteiger partial charge in [-0.15, -0.1) is 0 Å². The Labute approximate surface area is 174 Å². The van der Waals surface area contributed by atoms with Crippen LogP contribution in [0.3, 0.4) is 0 Å². The standard InChI is InChI=1S/C20H27N7OS/c1-12(2)7-6-8-13(3)27-17(28)14-9-4-5-10-15(14)23-20(27)29-11-16-24-18(21)26-19(22)25-16/h4-5,9-10,12-13H,6-8,11H2,1-3H3,(H4,21,22,24,25,26)/t13-/m1/s1. The van der Waals surface area contributed by atoms with Crippen LogP contribution in [0.2, 0.25) is 0 Å². The van der Waals surface area contributed by atoms with Gasteiger partial charge in [0.2, 0.25) is 11.9 Å². The Kier molecular flexibility index (Phi) is 6.68. The van der Waals surface area contributed by atoms with Crippen LogP contribution in [0.15, 0.2) is 34.2 Å². The van der Waals surface area contributed by atoms with Gasteiger partial charge in [0.15, 0.2) is 5.16 Å². The van der Waals surface area contributed by atoms with E-state index in [0.29, 0.717) is 33.6 Å². The molecule has 1 aromatic carbocycles. The molecule has 0 spiro atoms. The number of benzene rings is 1. The summed E-state index contributed by atoms with van der Waals surface area (Å²) in [5, 5.41) is 1.27. The number of rotatable bonds is 8. The topological polar surface area (TPSA) is 126 Å². The second-order valence-corrected chi connectivity index (χ2v) is 8.46. The lowest BCUT2D eigenvalue weighted by Gasteiger charge is -2.20. The molecule has 0 unspecified atom stereocenters. The van der Waals surface area contributed by atoms with Gasteiger partial charge in [0.25, 0.3) is 5.56 Å². The first-order chi connectivity index (χ1) is 13.8. The number of fused-ring (bicyclic) bond motifs is 1. The van der Waals surface area contributed by atoms with Crippen molar-refractivity contribution in [3.8, 4) is 0 Å². The van der Waals surface area contributed by atoms with Crippen LogP contribution in [0.25, 0.3) is 10.9 Å². The molecule has 0 aliphatic rings. The number of nitrogens with two attached hydrogens (primary N) is 2. The monoisotopic (exact) mass is 413 g/mol. The Morgan fingerprint density at radius 3 is 2.38 bits per heavy atom. The summed E-state index contributed by atoms with van der Waals surface area (Å²) in [7, 11) is 0. The minimum absolute atomic E-state index is 0.0233. The maximum absolute atomic E-state index is 13.2. The Balaban J connectivity index is 1.94. The van der Waals surface area contributed by atoms with Gasteiger partial charge in [-0.05, 0) is 31.4 Å². The predicted molar refractivity (Wildman–Crippen MR) is 118 cm³/mol. The molecule has 8 nitrogen and oxygen atoms in total. The van der Waals surface area contributed by atoms with Crippen molar-refractivity contribution < 1.29 is 0 Å². The smallest absolute Gasteiger partial charge is 0.262 e. The summed E-state index contributed by atoms with van der Waals surface area (Å²) in [5.74, 6) is 1.65. The number of thioether (sulfide) groups is 1. The first kappa shape index (κ1) is 21.0. The fraction of sp³-hybridized carbons (Fsp3) is 0.450. The molecule has 29 heavy (non-hydrogen) atoms. The summed E-state index contributed by atoms with van der Waals surface area (Å²) in [6.45, 7) is 6.49. The van der Waals surface area contributed by atoms with E-state index in [1.54, 1.807) is 4.57 Å². The SMILES string of the molecule is CC(C)CCC[C@@H](C)n1c(SCc2nc(N)nc(N)n2)nc2ccccc2c1=O. The molecule has 2 heterocycles. The molecular weight excluding hydrogens is 386 g/mol. The molecule has 3 rings (SSSR count). The Morgan fingerprint density at radius 1 is 1.00 bits per heavy atom. The van der Waals surface area contributed by atoms with Crippen molar-refractivity contribution in [3.05, 3.63) is 40.4 Å². The van der Waals surface area contributed by atoms with Gasteiger partial charge in [-0.1, -0.05) is 50.6 Å². The minimum Gasteiger partial charge on any atom is -0.368 e. The highest BCUT2D eigenvalue weighted by Gasteiger charge is 2.17. The summed E-state index contributed by atoms with van der Waals surface area (Å²) in [6, 6.07) is 7.46. The lowest BCUT2D eigenvalue weighted by atomic mass is 10.0. The van der Waals surface area contributed by atoms with E-state index in [1.165, 1.54) is 11.8 Å². The van der Waals surface area contributed by atoms with Gasteiger partial charge in [-0.2, -0.15) is 15.0 Å². The third-order valence-electron chi connectivity index (χ3n) is 4.67. The minimum atomic E-state index is -0.0233. The van der Waals surface area contributed by atoms with Crippen LogP contribution in [-0.2, 0) is 5.75 Å². The van der Waals surface area contributed by atoms with Crippen molar-refractivity contribution in [2.24, 2.45) is 5.92 Å². The molecule has 0 bridgehead atoms. The molecule has 0 aliphatic carbocycles. The van der Waals surface area contributed by atoms with E-state index < -0.39 is 0 Å². The van der Waals surface area contributed by atoms with Crippen LogP contribution in [0, 0.1) is 5.92 Å². The van der Waals surface area contributed by atoms with Crippen molar-refractivity contribution in [2.45, 2.75) is 57.0 Å². The zero-order chi connectivity index (χ0) is 21.0. The number of nitrogens with zero attached hydrogens (tertiary/aromatic N) is 5. The van der Waals surface area contributed by atoms with Crippen molar-refractivity contribution >= 4 is 34.6 Å². The van der Waals surface area contributed by atoms with E-state index in [9.17, 15) is 4.79 Å². The molecule has 0 aliphatic heterocycles. The van der Waals surface area contributed by atoms with Gasteiger partial charge >= 0.3 is 0 Å². The van der Waals surface area contributed by atoms with Gasteiger partial charge in [0.05, 0.1) is 16.7 Å². The van der Waals surface area contributed by atoms with E-state index in [-0.39, 0.29) is 23.5 Å². The fourth-order valence-corrected chi connectivity index (χ4v) is 4.17. The number of hydrogen-bond acceptors (Lipinski definition) is 8. The molecule has 0 fully saturated rings. The lowest BCUT2D eigenvalue weighted by molar-refractivity contribution is 0.414. The van der Waals surface area contributed by atoms with E-state index in [4.69, 9.17) is 16.5 Å². The molecule has 4 N–H and O–H groups in total. The van der Waals surface area contributed by atoms with Crippen molar-refractivity contribution in [2.75, 3.05) is 11.5 Å². The van der Waals surface area contributed by atoms with Crippen LogP contribution in [0.1, 0.15) is 51.9 Å². The van der Waals surface area contributed by atoms with Crippen molar-refractivity contribution in [1.82, 2.24) is 24.5 Å². The highest BCUT2D eigenvalue weighted by molar-refractivity contribution is 7.98. The molecule has 1 atom stereocenters. The second-order valence-electron chi connectivity index (χ2n) is 7.52. The second kappa shape index (κ2) is 9.21. The number of para-hydroxylation sites is 1. The third-order valence-corrected chi connectivity index (χ3v) is 5.61. The quantitative estimate of drug-likeness (QED) is 0.425. The average Bonchev–Trinajstić information content (AvgIpc) is 2.65. The van der Waals surface area contributed by atoms with Crippen LogP contribution in [0.4, 0.5) is 11.9 Å². The molecule has 154 valence electrons. The van der Waals surface area contributed by atoms with Gasteiger partial charge in [-0.3, -0.25) is 9.36 Å². The highest BCUT2D eigenvalue weighted by Crippen LogP contribution is 2.26. The highest BCUT2D eigenvalue weighted by atomic mass is 32.2. The largest absolute Gasteiger partial charge is 0.368 e. The number of aromatic nitrogens is 5. The van der Waals surface area contributed by atoms with Crippen LogP contribution < -0.4 is 17.0 Å². The lowest BCUT2D eigenvalue weighted by Crippen LogP contribution is -2.26. The van der Waals surface area contributed by atoms with E-state index in [0.717, 1.165) is 19.3 Å². The number of nitrogen functional groups attached to an aromatic ring is 2. The van der Waals surface area contributed by atoms with Gasteiger partial charge in [0.1, 0.15) is 5.82 Å². The van der Waals surface area contributed by atoms with E-state index in [1.807, 2.05) is 24.3 Å². The summed E-state index contributed by atoms with van der Waals surface area (Å²) in [5.41, 5.74) is 12.0. The Hall–Kier alpha value is -2.68. The zero-order valence-electron chi connectivity index (χ0n) is 17.0. The molecular formula is C20H27N7OS. The zero-order valence-corrected chi connectivity index (χ0v) is 17.8. The summed E-state index contributed by atoms with van der Waals surface area (Å²) >= 11 is 1.40. The number of hydrogen-bond donors (Lipinski definition) is 2. The van der Waals surface area contributed by atoms with Crippen LogP contribution >= 0.6 is 11.8 Å². The fourth-order valence-electron chi connectivity index (χ4n) is 3.22. The predicted octanol–water partition coefficient (Wildman–Crippen LogP) is 3.43. The first-order valence-corrected chi connectivity index (χ1v) is 10.7. The van der Waals surface area contributed by atoms with E-state index >= 15 is 0 Å². The normalized spacial score (nSPS) is 12.6. The van der Waals surface area contributed by atoms with Crippen LogP contribution in [0.5, 0.6) is 0 Å². The van der Waals surface area contributed by atoms with Crippen LogP contribution in [-0.4, -0.2) is 24.5 Å². The molecule has 0 amide bonds. The molecule has 3 aromatic rings. The average molecular weight is 414 g/mol. The summed E-state index contributed by atoms with van der Waals surface area (Å²) in [4.78, 5) is 30.0. The molecule has 9 heteroatoms. The Bertz CT molecular complexity index is 1030. The van der Waals surface area contributed by atoms with Gasteiger partial charge in [0, 0.05) is 6.04 Å². The summed E-state index contributed by atoms with van der Waals surface area (Å²) < 4.78 is 1.79. The van der Waals surface area contributed by atoms with Crippen molar-refractivity contribution in [3.63, 3.8) is 0 Å². The molecule has 2 aromatic heterocycles. The van der Waals surface area contributed by atoms with Crippen molar-refractivity contribution in [1.29, 1.82) is 0 Å². The Morgan fingerprint density at radius 2 is 1.69 bits per heavy atom. The number of anilines is 2. The summed E-state index contributed by atoms with van der Waals surface area (Å²) in [6.07, 6.45) is 3.10. The van der Waals surface area contributed by atoms with Gasteiger partial charge < -0.3 is 11.5 Å². The first-order valence-electron chi connectivity index (χ1n) is 9.75.